The average molecular weight is 447 g/mol. The first-order valence-corrected chi connectivity index (χ1v) is 9.25. The van der Waals surface area contributed by atoms with Crippen molar-refractivity contribution >= 4 is 11.6 Å². The molecule has 0 saturated carbocycles. The Morgan fingerprint density at radius 1 is 1.25 bits per heavy atom. The molecule has 12 heteroatoms. The molecular formula is C20H19F2N5O5. The zero-order chi connectivity index (χ0) is 23.4. The van der Waals surface area contributed by atoms with Gasteiger partial charge in [0.05, 0.1) is 23.4 Å². The van der Waals surface area contributed by atoms with Crippen molar-refractivity contribution in [3.05, 3.63) is 69.5 Å². The lowest BCUT2D eigenvalue weighted by Gasteiger charge is -2.18. The van der Waals surface area contributed by atoms with Gasteiger partial charge in [0.15, 0.2) is 17.2 Å². The second kappa shape index (κ2) is 9.37. The van der Waals surface area contributed by atoms with Gasteiger partial charge < -0.3 is 14.4 Å². The minimum Gasteiger partial charge on any atom is -0.493 e. The van der Waals surface area contributed by atoms with Crippen molar-refractivity contribution in [1.29, 1.82) is 0 Å². The van der Waals surface area contributed by atoms with E-state index in [0.29, 0.717) is 16.9 Å². The zero-order valence-electron chi connectivity index (χ0n) is 17.4. The van der Waals surface area contributed by atoms with Crippen LogP contribution in [0.4, 0.5) is 14.5 Å². The zero-order valence-corrected chi connectivity index (χ0v) is 17.4. The maximum absolute atomic E-state index is 12.9. The van der Waals surface area contributed by atoms with Crippen LogP contribution in [0.15, 0.2) is 42.5 Å². The normalized spacial score (nSPS) is 10.8. The highest BCUT2D eigenvalue weighted by Crippen LogP contribution is 2.30. The third-order valence-electron chi connectivity index (χ3n) is 4.59. The van der Waals surface area contributed by atoms with Crippen molar-refractivity contribution in [2.45, 2.75) is 20.1 Å². The van der Waals surface area contributed by atoms with Gasteiger partial charge in [-0.25, -0.2) is 4.68 Å². The molecule has 0 radical (unpaired) electrons. The van der Waals surface area contributed by atoms with Gasteiger partial charge in [-0.2, -0.15) is 8.78 Å². The molecule has 1 amide bonds. The van der Waals surface area contributed by atoms with Crippen molar-refractivity contribution < 1.29 is 28.0 Å². The number of nitro benzene ring substituents is 1. The molecule has 10 nitrogen and oxygen atoms in total. The number of amides is 1. The minimum absolute atomic E-state index is 0.0524. The number of carbonyl (C=O) groups is 1. The van der Waals surface area contributed by atoms with E-state index < -0.39 is 17.4 Å². The minimum atomic E-state index is -3.02. The number of methoxy groups -OCH3 is 1. The molecule has 0 spiro atoms. The fourth-order valence-corrected chi connectivity index (χ4v) is 3.04. The van der Waals surface area contributed by atoms with Crippen molar-refractivity contribution in [3.63, 3.8) is 0 Å². The van der Waals surface area contributed by atoms with E-state index in [1.807, 2.05) is 0 Å². The largest absolute Gasteiger partial charge is 0.493 e. The lowest BCUT2D eigenvalue weighted by molar-refractivity contribution is -0.384. The highest BCUT2D eigenvalue weighted by molar-refractivity contribution is 5.93. The Hall–Kier alpha value is -4.09. The van der Waals surface area contributed by atoms with Crippen LogP contribution in [0.1, 0.15) is 21.7 Å². The highest BCUT2D eigenvalue weighted by atomic mass is 19.3. The summed E-state index contributed by atoms with van der Waals surface area (Å²) in [5.41, 5.74) is 1.23. The van der Waals surface area contributed by atoms with Crippen molar-refractivity contribution in [2.24, 2.45) is 0 Å². The number of alkyl halides is 2. The summed E-state index contributed by atoms with van der Waals surface area (Å²) >= 11 is 0. The molecule has 1 heterocycles. The van der Waals surface area contributed by atoms with Gasteiger partial charge in [0.1, 0.15) is 0 Å². The van der Waals surface area contributed by atoms with Crippen LogP contribution < -0.4 is 9.47 Å². The number of carbonyl (C=O) groups excluding carboxylic acids is 1. The van der Waals surface area contributed by atoms with E-state index in [0.717, 1.165) is 0 Å². The summed E-state index contributed by atoms with van der Waals surface area (Å²) in [6, 6.07) is 10.2. The van der Waals surface area contributed by atoms with Crippen LogP contribution in [0.2, 0.25) is 0 Å². The number of halogens is 2. The van der Waals surface area contributed by atoms with Crippen LogP contribution in [0.25, 0.3) is 5.69 Å². The molecule has 0 aliphatic carbocycles. The molecule has 0 unspecified atom stereocenters. The number of hydrogen-bond donors (Lipinski definition) is 0. The first-order chi connectivity index (χ1) is 15.2. The molecular weight excluding hydrogens is 428 g/mol. The molecule has 0 saturated heterocycles. The first-order valence-electron chi connectivity index (χ1n) is 9.25. The second-order valence-electron chi connectivity index (χ2n) is 6.74. The second-order valence-corrected chi connectivity index (χ2v) is 6.74. The van der Waals surface area contributed by atoms with Gasteiger partial charge in [-0.05, 0) is 30.7 Å². The lowest BCUT2D eigenvalue weighted by Crippen LogP contribution is -2.27. The average Bonchev–Trinajstić information content (AvgIpc) is 3.14. The van der Waals surface area contributed by atoms with Gasteiger partial charge in [0.2, 0.25) is 0 Å². The topological polar surface area (TPSA) is 113 Å². The Morgan fingerprint density at radius 3 is 2.66 bits per heavy atom. The van der Waals surface area contributed by atoms with Crippen molar-refractivity contribution in [3.8, 4) is 17.2 Å². The summed E-state index contributed by atoms with van der Waals surface area (Å²) in [6.07, 6.45) is 0. The molecule has 32 heavy (non-hydrogen) atoms. The number of nitrogens with zero attached hydrogens (tertiary/aromatic N) is 5. The van der Waals surface area contributed by atoms with E-state index in [2.05, 4.69) is 15.0 Å². The van der Waals surface area contributed by atoms with E-state index >= 15 is 0 Å². The Bertz CT molecular complexity index is 1150. The summed E-state index contributed by atoms with van der Waals surface area (Å²) in [4.78, 5) is 24.7. The molecule has 0 bridgehead atoms. The quantitative estimate of drug-likeness (QED) is 0.384. The summed E-state index contributed by atoms with van der Waals surface area (Å²) in [5.74, 6) is -0.473. The summed E-state index contributed by atoms with van der Waals surface area (Å²) in [7, 11) is 2.85. The van der Waals surface area contributed by atoms with Crippen LogP contribution in [-0.4, -0.2) is 51.5 Å². The van der Waals surface area contributed by atoms with E-state index in [1.165, 1.54) is 54.1 Å². The third kappa shape index (κ3) is 4.79. The van der Waals surface area contributed by atoms with E-state index in [9.17, 15) is 23.7 Å². The molecule has 0 fully saturated rings. The molecule has 0 N–H and O–H groups in total. The Kier molecular flexibility index (Phi) is 6.61. The fourth-order valence-electron chi connectivity index (χ4n) is 3.04. The fraction of sp³-hybridized carbons (Fsp3) is 0.250. The molecule has 2 aromatic carbocycles. The van der Waals surface area contributed by atoms with Gasteiger partial charge in [0, 0.05) is 25.7 Å². The monoisotopic (exact) mass is 447 g/mol. The molecule has 168 valence electrons. The predicted molar refractivity (Wildman–Crippen MR) is 108 cm³/mol. The molecule has 1 aromatic heterocycles. The summed E-state index contributed by atoms with van der Waals surface area (Å²) in [6.45, 7) is -1.34. The number of hydrogen-bond acceptors (Lipinski definition) is 7. The number of nitro groups is 1. The SMILES string of the molecule is COc1ccc(CN(C)C(=O)c2nnn(-c3cccc([N+](=O)[O-])c3)c2C)cc1OC(F)F. The van der Waals surface area contributed by atoms with E-state index in [4.69, 9.17) is 4.74 Å². The number of rotatable bonds is 8. The highest BCUT2D eigenvalue weighted by Gasteiger charge is 2.22. The predicted octanol–water partition coefficient (Wildman–Crippen LogP) is 3.37. The molecule has 0 atom stereocenters. The molecule has 3 aromatic rings. The van der Waals surface area contributed by atoms with Gasteiger partial charge in [0.25, 0.3) is 11.6 Å². The Morgan fingerprint density at radius 2 is 2.00 bits per heavy atom. The number of non-ortho nitro benzene ring substituents is 1. The standard InChI is InChI=1S/C20H19F2N5O5/c1-12-18(23-24-26(12)14-5-4-6-15(10-14)27(29)30)19(28)25(2)11-13-7-8-16(31-3)17(9-13)32-20(21)22/h4-10,20H,11H2,1-3H3. The van der Waals surface area contributed by atoms with Crippen LogP contribution in [0.3, 0.4) is 0 Å². The summed E-state index contributed by atoms with van der Waals surface area (Å²) < 4.78 is 36.1. The van der Waals surface area contributed by atoms with Gasteiger partial charge in [-0.3, -0.25) is 14.9 Å². The van der Waals surface area contributed by atoms with E-state index in [-0.39, 0.29) is 29.4 Å². The summed E-state index contributed by atoms with van der Waals surface area (Å²) in [5, 5.41) is 18.9. The maximum Gasteiger partial charge on any atom is 0.387 e. The van der Waals surface area contributed by atoms with Crippen molar-refractivity contribution in [1.82, 2.24) is 19.9 Å². The van der Waals surface area contributed by atoms with Gasteiger partial charge >= 0.3 is 6.61 Å². The maximum atomic E-state index is 12.9. The van der Waals surface area contributed by atoms with Crippen LogP contribution >= 0.6 is 0 Å². The van der Waals surface area contributed by atoms with Gasteiger partial charge in [-0.15, -0.1) is 5.10 Å². The Labute approximate surface area is 181 Å². The van der Waals surface area contributed by atoms with E-state index in [1.54, 1.807) is 19.1 Å². The first kappa shape index (κ1) is 22.6. The van der Waals surface area contributed by atoms with Crippen LogP contribution in [0, 0.1) is 17.0 Å². The molecule has 3 rings (SSSR count). The number of aromatic nitrogens is 3. The van der Waals surface area contributed by atoms with Crippen LogP contribution in [0.5, 0.6) is 11.5 Å². The van der Waals surface area contributed by atoms with Crippen LogP contribution in [-0.2, 0) is 6.54 Å². The lowest BCUT2D eigenvalue weighted by atomic mass is 10.2. The number of benzene rings is 2. The van der Waals surface area contributed by atoms with Crippen molar-refractivity contribution in [2.75, 3.05) is 14.2 Å². The third-order valence-corrected chi connectivity index (χ3v) is 4.59. The van der Waals surface area contributed by atoms with Gasteiger partial charge in [-0.1, -0.05) is 17.3 Å². The Balaban J connectivity index is 1.81. The molecule has 0 aliphatic rings. The smallest absolute Gasteiger partial charge is 0.387 e. The molecule has 0 aliphatic heterocycles. The number of ether oxygens (including phenoxy) is 2.